The minimum absolute atomic E-state index is 0.430. The number of carboxylic acid groups (broad SMARTS) is 1. The molecular weight excluding hydrogens is 262 g/mol. The van der Waals surface area contributed by atoms with Crippen LogP contribution in [0.3, 0.4) is 0 Å². The van der Waals surface area contributed by atoms with Crippen LogP contribution in [0.2, 0.25) is 0 Å². The average molecular weight is 283 g/mol. The fourth-order valence-electron chi connectivity index (χ4n) is 2.36. The van der Waals surface area contributed by atoms with Gasteiger partial charge in [0.25, 0.3) is 0 Å². The minimum Gasteiger partial charge on any atom is -0.480 e. The molecule has 2 N–H and O–H groups in total. The van der Waals surface area contributed by atoms with Crippen LogP contribution in [0.25, 0.3) is 0 Å². The molecule has 21 heavy (non-hydrogen) atoms. The van der Waals surface area contributed by atoms with Gasteiger partial charge in [-0.3, -0.25) is 0 Å². The van der Waals surface area contributed by atoms with E-state index in [-0.39, 0.29) is 0 Å². The van der Waals surface area contributed by atoms with Gasteiger partial charge in [-0.25, -0.2) is 4.79 Å². The molecule has 0 heterocycles. The molecule has 0 aliphatic rings. The molecule has 0 aliphatic carbocycles. The lowest BCUT2D eigenvalue weighted by atomic mass is 9.92. The van der Waals surface area contributed by atoms with E-state index >= 15 is 0 Å². The van der Waals surface area contributed by atoms with Gasteiger partial charge in [0.1, 0.15) is 5.54 Å². The van der Waals surface area contributed by atoms with E-state index in [1.54, 1.807) is 6.92 Å². The van der Waals surface area contributed by atoms with Crippen LogP contribution in [-0.4, -0.2) is 16.6 Å². The fraction of sp³-hybridized carbons (Fsp3) is 0.278. The normalized spacial score (nSPS) is 13.4. The lowest BCUT2D eigenvalue weighted by Crippen LogP contribution is -2.45. The molecule has 0 amide bonds. The fourth-order valence-corrected chi connectivity index (χ4v) is 2.36. The van der Waals surface area contributed by atoms with Crippen molar-refractivity contribution in [3.05, 3.63) is 65.7 Å². The maximum atomic E-state index is 11.7. The number of hydrogen-bond donors (Lipinski definition) is 2. The van der Waals surface area contributed by atoms with Crippen LogP contribution in [0.15, 0.2) is 54.6 Å². The van der Waals surface area contributed by atoms with Gasteiger partial charge in [-0.2, -0.15) is 0 Å². The first-order chi connectivity index (χ1) is 10.0. The topological polar surface area (TPSA) is 49.3 Å². The summed E-state index contributed by atoms with van der Waals surface area (Å²) in [6, 6.07) is 17.6. The van der Waals surface area contributed by atoms with E-state index < -0.39 is 11.5 Å². The molecule has 3 heteroatoms. The predicted octanol–water partition coefficient (Wildman–Crippen LogP) is 3.75. The first-order valence-electron chi connectivity index (χ1n) is 7.18. The SMILES string of the molecule is CCc1cccc(NC(C)(Cc2ccccc2)C(=O)O)c1. The second-order valence-corrected chi connectivity index (χ2v) is 5.48. The van der Waals surface area contributed by atoms with Crippen LogP contribution in [0.5, 0.6) is 0 Å². The molecule has 1 atom stereocenters. The highest BCUT2D eigenvalue weighted by Gasteiger charge is 2.33. The van der Waals surface area contributed by atoms with Gasteiger partial charge in [0.2, 0.25) is 0 Å². The van der Waals surface area contributed by atoms with Crippen molar-refractivity contribution in [3.8, 4) is 0 Å². The number of rotatable bonds is 6. The summed E-state index contributed by atoms with van der Waals surface area (Å²) in [5.41, 5.74) is 2.00. The van der Waals surface area contributed by atoms with E-state index in [9.17, 15) is 9.90 Å². The van der Waals surface area contributed by atoms with Gasteiger partial charge < -0.3 is 10.4 Å². The van der Waals surface area contributed by atoms with E-state index in [1.165, 1.54) is 5.56 Å². The van der Waals surface area contributed by atoms with Crippen molar-refractivity contribution in [2.24, 2.45) is 0 Å². The Bertz CT molecular complexity index is 610. The third kappa shape index (κ3) is 3.85. The molecule has 1 unspecified atom stereocenters. The zero-order chi connectivity index (χ0) is 15.3. The number of nitrogens with one attached hydrogen (secondary N) is 1. The summed E-state index contributed by atoms with van der Waals surface area (Å²) in [4.78, 5) is 11.7. The summed E-state index contributed by atoms with van der Waals surface area (Å²) < 4.78 is 0. The van der Waals surface area contributed by atoms with Crippen molar-refractivity contribution in [3.63, 3.8) is 0 Å². The molecule has 0 saturated carbocycles. The Hall–Kier alpha value is -2.29. The average Bonchev–Trinajstić information content (AvgIpc) is 2.48. The van der Waals surface area contributed by atoms with Crippen molar-refractivity contribution in [1.29, 1.82) is 0 Å². The maximum Gasteiger partial charge on any atom is 0.329 e. The molecule has 2 aromatic carbocycles. The number of benzene rings is 2. The highest BCUT2D eigenvalue weighted by Crippen LogP contribution is 2.21. The Morgan fingerprint density at radius 2 is 1.76 bits per heavy atom. The van der Waals surface area contributed by atoms with Gasteiger partial charge in [-0.15, -0.1) is 0 Å². The zero-order valence-corrected chi connectivity index (χ0v) is 12.5. The molecule has 110 valence electrons. The molecule has 2 aromatic rings. The summed E-state index contributed by atoms with van der Waals surface area (Å²) in [7, 11) is 0. The van der Waals surface area contributed by atoms with Crippen LogP contribution in [0.4, 0.5) is 5.69 Å². The molecule has 0 spiro atoms. The van der Waals surface area contributed by atoms with Crippen LogP contribution in [-0.2, 0) is 17.6 Å². The van der Waals surface area contributed by atoms with Crippen molar-refractivity contribution in [2.75, 3.05) is 5.32 Å². The second-order valence-electron chi connectivity index (χ2n) is 5.48. The number of carboxylic acids is 1. The second kappa shape index (κ2) is 6.44. The number of aryl methyl sites for hydroxylation is 1. The first kappa shape index (κ1) is 15.1. The number of anilines is 1. The Kier molecular flexibility index (Phi) is 4.63. The van der Waals surface area contributed by atoms with Crippen molar-refractivity contribution >= 4 is 11.7 Å². The van der Waals surface area contributed by atoms with E-state index in [2.05, 4.69) is 12.2 Å². The molecule has 0 saturated heterocycles. The van der Waals surface area contributed by atoms with E-state index in [0.29, 0.717) is 6.42 Å². The van der Waals surface area contributed by atoms with Crippen LogP contribution in [0, 0.1) is 0 Å². The minimum atomic E-state index is -1.03. The van der Waals surface area contributed by atoms with Crippen LogP contribution >= 0.6 is 0 Å². The van der Waals surface area contributed by atoms with Crippen LogP contribution in [0.1, 0.15) is 25.0 Å². The predicted molar refractivity (Wildman–Crippen MR) is 85.6 cm³/mol. The quantitative estimate of drug-likeness (QED) is 0.849. The molecule has 0 aromatic heterocycles. The van der Waals surface area contributed by atoms with Gasteiger partial charge in [-0.1, -0.05) is 49.4 Å². The van der Waals surface area contributed by atoms with Crippen LogP contribution < -0.4 is 5.32 Å². The highest BCUT2D eigenvalue weighted by molar-refractivity contribution is 5.82. The summed E-state index contributed by atoms with van der Waals surface area (Å²) in [6.07, 6.45) is 1.36. The summed E-state index contributed by atoms with van der Waals surface area (Å²) in [5.74, 6) is -0.853. The molecule has 0 fully saturated rings. The Morgan fingerprint density at radius 1 is 1.10 bits per heavy atom. The first-order valence-corrected chi connectivity index (χ1v) is 7.18. The molecule has 3 nitrogen and oxygen atoms in total. The third-order valence-corrected chi connectivity index (χ3v) is 3.63. The van der Waals surface area contributed by atoms with Gasteiger partial charge in [0, 0.05) is 12.1 Å². The Labute approximate surface area is 125 Å². The smallest absolute Gasteiger partial charge is 0.329 e. The zero-order valence-electron chi connectivity index (χ0n) is 12.5. The van der Waals surface area contributed by atoms with E-state index in [1.807, 2.05) is 54.6 Å². The van der Waals surface area contributed by atoms with Gasteiger partial charge in [0.15, 0.2) is 0 Å². The Morgan fingerprint density at radius 3 is 2.38 bits per heavy atom. The third-order valence-electron chi connectivity index (χ3n) is 3.63. The lowest BCUT2D eigenvalue weighted by Gasteiger charge is -2.28. The highest BCUT2D eigenvalue weighted by atomic mass is 16.4. The maximum absolute atomic E-state index is 11.7. The number of hydrogen-bond acceptors (Lipinski definition) is 2. The van der Waals surface area contributed by atoms with Crippen molar-refractivity contribution in [2.45, 2.75) is 32.2 Å². The molecule has 0 aliphatic heterocycles. The molecule has 0 radical (unpaired) electrons. The monoisotopic (exact) mass is 283 g/mol. The summed E-state index contributed by atoms with van der Waals surface area (Å²) in [6.45, 7) is 3.81. The Balaban J connectivity index is 2.23. The molecule has 0 bridgehead atoms. The van der Waals surface area contributed by atoms with Crippen molar-refractivity contribution in [1.82, 2.24) is 0 Å². The molecule has 2 rings (SSSR count). The summed E-state index contributed by atoms with van der Waals surface area (Å²) in [5, 5.41) is 12.8. The lowest BCUT2D eigenvalue weighted by molar-refractivity contribution is -0.141. The number of carbonyl (C=O) groups is 1. The van der Waals surface area contributed by atoms with Gasteiger partial charge in [-0.05, 0) is 36.6 Å². The standard InChI is InChI=1S/C18H21NO2/c1-3-14-10-7-11-16(12-14)19-18(2,17(20)21)13-15-8-5-4-6-9-15/h4-12,19H,3,13H2,1-2H3,(H,20,21). The molecular formula is C18H21NO2. The summed E-state index contributed by atoms with van der Waals surface area (Å²) >= 11 is 0. The van der Waals surface area contributed by atoms with Gasteiger partial charge >= 0.3 is 5.97 Å². The largest absolute Gasteiger partial charge is 0.480 e. The number of aliphatic carboxylic acids is 1. The van der Waals surface area contributed by atoms with Crippen molar-refractivity contribution < 1.29 is 9.90 Å². The van der Waals surface area contributed by atoms with E-state index in [4.69, 9.17) is 0 Å². The van der Waals surface area contributed by atoms with E-state index in [0.717, 1.165) is 17.7 Å². The van der Waals surface area contributed by atoms with Gasteiger partial charge in [0.05, 0.1) is 0 Å².